The van der Waals surface area contributed by atoms with E-state index < -0.39 is 0 Å². The summed E-state index contributed by atoms with van der Waals surface area (Å²) in [5.74, 6) is 0.737. The van der Waals surface area contributed by atoms with Crippen LogP contribution >= 0.6 is 22.7 Å². The Morgan fingerprint density at radius 2 is 0.980 bits per heavy atom. The van der Waals surface area contributed by atoms with E-state index in [0.29, 0.717) is 0 Å². The number of para-hydroxylation sites is 1. The molecule has 0 saturated heterocycles. The van der Waals surface area contributed by atoms with E-state index in [1.54, 1.807) is 0 Å². The van der Waals surface area contributed by atoms with Gasteiger partial charge < -0.3 is 4.57 Å². The Kier molecular flexibility index (Phi) is 5.53. The molecule has 0 saturated carbocycles. The first-order valence-electron chi connectivity index (χ1n) is 17.2. The zero-order valence-corrected chi connectivity index (χ0v) is 28.7. The number of rotatable bonds is 3. The monoisotopic (exact) mass is 683 g/mol. The second-order valence-corrected chi connectivity index (χ2v) is 15.4. The Bertz CT molecular complexity index is 3210. The molecule has 8 aromatic carbocycles. The van der Waals surface area contributed by atoms with Crippen LogP contribution in [0.3, 0.4) is 0 Å². The molecule has 0 bridgehead atoms. The Morgan fingerprint density at radius 1 is 0.431 bits per heavy atom. The van der Waals surface area contributed by atoms with Crippen molar-refractivity contribution in [1.29, 1.82) is 0 Å². The molecule has 4 heterocycles. The van der Waals surface area contributed by atoms with E-state index >= 15 is 0 Å². The van der Waals surface area contributed by atoms with E-state index in [-0.39, 0.29) is 0 Å². The van der Waals surface area contributed by atoms with E-state index in [4.69, 9.17) is 9.97 Å². The third-order valence-corrected chi connectivity index (χ3v) is 12.9. The van der Waals surface area contributed by atoms with Gasteiger partial charge in [-0.2, -0.15) is 0 Å². The quantitative estimate of drug-likeness (QED) is 0.174. The normalized spacial score (nSPS) is 12.3. The lowest BCUT2D eigenvalue weighted by Gasteiger charge is -2.12. The van der Waals surface area contributed by atoms with Crippen molar-refractivity contribution in [3.8, 4) is 28.3 Å². The van der Waals surface area contributed by atoms with Crippen LogP contribution in [0.15, 0.2) is 152 Å². The molecule has 5 heteroatoms. The minimum atomic E-state index is 0.737. The number of benzene rings is 8. The lowest BCUT2D eigenvalue weighted by atomic mass is 9.98. The van der Waals surface area contributed by atoms with Crippen LogP contribution in [0.1, 0.15) is 0 Å². The predicted octanol–water partition coefficient (Wildman–Crippen LogP) is 13.4. The van der Waals surface area contributed by atoms with Gasteiger partial charge in [0.05, 0.1) is 31.6 Å². The largest absolute Gasteiger partial charge is 0.306 e. The fourth-order valence-corrected chi connectivity index (χ4v) is 10.7. The topological polar surface area (TPSA) is 30.7 Å². The third-order valence-electron chi connectivity index (χ3n) is 10.5. The Morgan fingerprint density at radius 3 is 1.61 bits per heavy atom. The van der Waals surface area contributed by atoms with Crippen molar-refractivity contribution in [2.45, 2.75) is 0 Å². The number of nitrogens with zero attached hydrogens (tertiary/aromatic N) is 3. The van der Waals surface area contributed by atoms with Gasteiger partial charge >= 0.3 is 0 Å². The average molecular weight is 684 g/mol. The molecule has 0 radical (unpaired) electrons. The van der Waals surface area contributed by atoms with Crippen LogP contribution in [0.4, 0.5) is 0 Å². The molecule has 0 amide bonds. The molecule has 0 N–H and O–H groups in total. The Balaban J connectivity index is 1.19. The summed E-state index contributed by atoms with van der Waals surface area (Å²) in [7, 11) is 0. The standard InChI is InChI=1S/C46H25N3S2/c1-2-10-27(11-3-1)46-47-36-15-7-4-14-33(36)41(48-46)26-20-22-30(23-21-26)49-42-39-28(24-34-31-12-5-8-16-37(31)50-44(34)42)18-19-29-25-35-32-13-6-9-17-38(32)51-45(35)43(49)40(29)39/h1-25H. The van der Waals surface area contributed by atoms with Crippen molar-refractivity contribution >= 4 is 106 Å². The fraction of sp³-hybridized carbons (Fsp3) is 0. The van der Waals surface area contributed by atoms with E-state index in [1.807, 2.05) is 46.9 Å². The van der Waals surface area contributed by atoms with Gasteiger partial charge in [-0.15, -0.1) is 22.7 Å². The molecule has 51 heavy (non-hydrogen) atoms. The summed E-state index contributed by atoms with van der Waals surface area (Å²) in [5, 5.41) is 11.6. The Labute approximate surface area is 299 Å². The summed E-state index contributed by atoms with van der Waals surface area (Å²) in [6.45, 7) is 0. The van der Waals surface area contributed by atoms with Crippen LogP contribution in [0.2, 0.25) is 0 Å². The van der Waals surface area contributed by atoms with Crippen LogP contribution in [0.5, 0.6) is 0 Å². The van der Waals surface area contributed by atoms with Gasteiger partial charge in [0, 0.05) is 63.9 Å². The van der Waals surface area contributed by atoms with Crippen LogP contribution < -0.4 is 0 Å². The van der Waals surface area contributed by atoms with E-state index in [9.17, 15) is 0 Å². The van der Waals surface area contributed by atoms with Gasteiger partial charge in [0.2, 0.25) is 0 Å². The molecule has 236 valence electrons. The maximum atomic E-state index is 5.17. The smallest absolute Gasteiger partial charge is 0.160 e. The molecule has 3 nitrogen and oxygen atoms in total. The first-order valence-corrected chi connectivity index (χ1v) is 18.8. The summed E-state index contributed by atoms with van der Waals surface area (Å²) in [5.41, 5.74) is 7.70. The number of hydrogen-bond acceptors (Lipinski definition) is 4. The summed E-state index contributed by atoms with van der Waals surface area (Å²) in [6, 6.07) is 54.8. The minimum absolute atomic E-state index is 0.737. The van der Waals surface area contributed by atoms with Crippen LogP contribution in [-0.4, -0.2) is 14.5 Å². The molecule has 12 aromatic rings. The van der Waals surface area contributed by atoms with Crippen molar-refractivity contribution in [3.05, 3.63) is 152 Å². The van der Waals surface area contributed by atoms with E-state index in [0.717, 1.165) is 39.2 Å². The van der Waals surface area contributed by atoms with Crippen LogP contribution in [-0.2, 0) is 0 Å². The molecule has 0 unspecified atom stereocenters. The highest BCUT2D eigenvalue weighted by Gasteiger charge is 2.25. The molecule has 0 spiro atoms. The predicted molar refractivity (Wildman–Crippen MR) is 219 cm³/mol. The van der Waals surface area contributed by atoms with Crippen LogP contribution in [0.25, 0.3) is 112 Å². The average Bonchev–Trinajstić information content (AvgIpc) is 3.87. The molecular formula is C46H25N3S2. The summed E-state index contributed by atoms with van der Waals surface area (Å²) < 4.78 is 7.87. The Hall–Kier alpha value is -6.14. The fourth-order valence-electron chi connectivity index (χ4n) is 8.27. The summed E-state index contributed by atoms with van der Waals surface area (Å²) >= 11 is 3.81. The SMILES string of the molecule is c1ccc(-c2nc(-c3ccc(-n4c5c6sc7ccccc7c6cc6ccc7cc8c9ccccc9sc8c4c7c65)cc3)c3ccccc3n2)cc1. The number of hydrogen-bond donors (Lipinski definition) is 0. The summed E-state index contributed by atoms with van der Waals surface area (Å²) in [6.07, 6.45) is 0. The van der Waals surface area contributed by atoms with Gasteiger partial charge in [-0.05, 0) is 53.2 Å². The summed E-state index contributed by atoms with van der Waals surface area (Å²) in [4.78, 5) is 10.1. The maximum absolute atomic E-state index is 5.17. The highest BCUT2D eigenvalue weighted by atomic mass is 32.1. The molecular weight excluding hydrogens is 659 g/mol. The third kappa shape index (κ3) is 3.82. The second kappa shape index (κ2) is 10.2. The van der Waals surface area contributed by atoms with Crippen molar-refractivity contribution in [2.24, 2.45) is 0 Å². The van der Waals surface area contributed by atoms with Gasteiger partial charge in [-0.3, -0.25) is 0 Å². The lowest BCUT2D eigenvalue weighted by Crippen LogP contribution is -1.97. The number of fused-ring (bicyclic) bond motifs is 9. The highest BCUT2D eigenvalue weighted by molar-refractivity contribution is 7.27. The zero-order chi connectivity index (χ0) is 33.2. The number of aromatic nitrogens is 3. The highest BCUT2D eigenvalue weighted by Crippen LogP contribution is 2.50. The van der Waals surface area contributed by atoms with Gasteiger partial charge in [0.1, 0.15) is 0 Å². The first kappa shape index (κ1) is 27.7. The number of thiophene rings is 2. The molecule has 0 aliphatic heterocycles. The van der Waals surface area contributed by atoms with Gasteiger partial charge in [0.15, 0.2) is 5.82 Å². The van der Waals surface area contributed by atoms with Crippen molar-refractivity contribution < 1.29 is 0 Å². The van der Waals surface area contributed by atoms with Crippen LogP contribution in [0, 0.1) is 0 Å². The van der Waals surface area contributed by atoms with E-state index in [1.165, 1.54) is 72.9 Å². The van der Waals surface area contributed by atoms with Crippen molar-refractivity contribution in [2.75, 3.05) is 0 Å². The molecule has 0 aliphatic carbocycles. The van der Waals surface area contributed by atoms with Gasteiger partial charge in [-0.25, -0.2) is 9.97 Å². The lowest BCUT2D eigenvalue weighted by molar-refractivity contribution is 1.19. The molecule has 0 aliphatic rings. The molecule has 0 fully saturated rings. The van der Waals surface area contributed by atoms with E-state index in [2.05, 4.69) is 132 Å². The molecule has 12 rings (SSSR count). The van der Waals surface area contributed by atoms with Crippen molar-refractivity contribution in [1.82, 2.24) is 14.5 Å². The maximum Gasteiger partial charge on any atom is 0.160 e. The van der Waals surface area contributed by atoms with Gasteiger partial charge in [-0.1, -0.05) is 109 Å². The van der Waals surface area contributed by atoms with Gasteiger partial charge in [0.25, 0.3) is 0 Å². The minimum Gasteiger partial charge on any atom is -0.306 e. The first-order chi connectivity index (χ1) is 25.3. The molecule has 4 aromatic heterocycles. The molecule has 0 atom stereocenters. The second-order valence-electron chi connectivity index (χ2n) is 13.3. The van der Waals surface area contributed by atoms with Crippen molar-refractivity contribution in [3.63, 3.8) is 0 Å². The zero-order valence-electron chi connectivity index (χ0n) is 27.1.